The minimum atomic E-state index is -0.333. The second kappa shape index (κ2) is 8.19. The monoisotopic (exact) mass is 391 g/mol. The van der Waals surface area contributed by atoms with Crippen LogP contribution in [0, 0.1) is 12.3 Å². The molecule has 3 aliphatic rings. The predicted octanol–water partition coefficient (Wildman–Crippen LogP) is 2.86. The Balaban J connectivity index is 0.00000210. The van der Waals surface area contributed by atoms with Gasteiger partial charge in [0.05, 0.1) is 5.41 Å². The topological polar surface area (TPSA) is 43.9 Å². The Kier molecular flexibility index (Phi) is 6.11. The van der Waals surface area contributed by atoms with Crippen molar-refractivity contribution in [3.05, 3.63) is 29.8 Å². The van der Waals surface area contributed by atoms with Crippen molar-refractivity contribution >= 4 is 29.9 Å². The second-order valence-electron chi connectivity index (χ2n) is 8.13. The largest absolute Gasteiger partial charge is 0.369 e. The van der Waals surface area contributed by atoms with Gasteiger partial charge in [-0.2, -0.15) is 0 Å². The zero-order valence-electron chi connectivity index (χ0n) is 16.2. The number of carbonyl (C=O) groups is 2. The molecule has 1 aromatic rings. The van der Waals surface area contributed by atoms with Crippen molar-refractivity contribution in [2.75, 3.05) is 44.2 Å². The number of hydrogen-bond acceptors (Lipinski definition) is 4. The first-order chi connectivity index (χ1) is 12.6. The van der Waals surface area contributed by atoms with Crippen molar-refractivity contribution in [2.45, 2.75) is 39.0 Å². The Labute approximate surface area is 168 Å². The molecule has 1 aromatic carbocycles. The van der Waals surface area contributed by atoms with Crippen molar-refractivity contribution in [3.63, 3.8) is 0 Å². The zero-order valence-corrected chi connectivity index (χ0v) is 17.0. The molecule has 2 heterocycles. The number of imide groups is 1. The third-order valence-electron chi connectivity index (χ3n) is 6.52. The fourth-order valence-corrected chi connectivity index (χ4v) is 4.90. The molecule has 4 rings (SSSR count). The van der Waals surface area contributed by atoms with Gasteiger partial charge in [0.2, 0.25) is 11.8 Å². The van der Waals surface area contributed by atoms with E-state index in [-0.39, 0.29) is 29.6 Å². The molecule has 6 heteroatoms. The Morgan fingerprint density at radius 2 is 1.63 bits per heavy atom. The van der Waals surface area contributed by atoms with Crippen molar-refractivity contribution in [3.8, 4) is 0 Å². The number of hydrogen-bond donors (Lipinski definition) is 0. The van der Waals surface area contributed by atoms with Crippen LogP contribution in [0.2, 0.25) is 0 Å². The molecule has 2 saturated heterocycles. The number of piperazine rings is 1. The van der Waals surface area contributed by atoms with Crippen molar-refractivity contribution in [2.24, 2.45) is 5.41 Å². The fourth-order valence-electron chi connectivity index (χ4n) is 4.90. The van der Waals surface area contributed by atoms with Gasteiger partial charge in [0, 0.05) is 51.4 Å². The molecule has 0 atom stereocenters. The van der Waals surface area contributed by atoms with Crippen LogP contribution in [0.1, 0.15) is 37.7 Å². The zero-order chi connectivity index (χ0) is 18.1. The molecule has 0 unspecified atom stereocenters. The number of amides is 2. The number of rotatable bonds is 4. The average molecular weight is 392 g/mol. The van der Waals surface area contributed by atoms with Crippen LogP contribution in [-0.2, 0) is 9.59 Å². The van der Waals surface area contributed by atoms with E-state index in [9.17, 15) is 9.59 Å². The normalized spacial score (nSPS) is 22.6. The minimum Gasteiger partial charge on any atom is -0.369 e. The molecule has 0 aromatic heterocycles. The standard InChI is InChI=1S/C21H29N3O2.ClH/c1-17-6-2-3-7-18(17)23-13-10-22(11-14-23)12-15-24-19(25)16-21(20(24)26)8-4-5-9-21;/h2-3,6-7H,4-5,8-16H2,1H3;1H. The number of anilines is 1. The van der Waals surface area contributed by atoms with Gasteiger partial charge in [-0.1, -0.05) is 31.0 Å². The van der Waals surface area contributed by atoms with E-state index in [0.29, 0.717) is 13.0 Å². The first-order valence-corrected chi connectivity index (χ1v) is 9.97. The summed E-state index contributed by atoms with van der Waals surface area (Å²) in [7, 11) is 0. The van der Waals surface area contributed by atoms with Gasteiger partial charge in [-0.25, -0.2) is 0 Å². The van der Waals surface area contributed by atoms with Crippen LogP contribution in [-0.4, -0.2) is 60.9 Å². The van der Waals surface area contributed by atoms with Crippen molar-refractivity contribution < 1.29 is 9.59 Å². The lowest BCUT2D eigenvalue weighted by Crippen LogP contribution is -2.49. The average Bonchev–Trinajstić information content (AvgIpc) is 3.20. The first kappa shape index (κ1) is 20.2. The maximum Gasteiger partial charge on any atom is 0.235 e. The quantitative estimate of drug-likeness (QED) is 0.740. The van der Waals surface area contributed by atoms with Crippen LogP contribution in [0.3, 0.4) is 0 Å². The summed E-state index contributed by atoms with van der Waals surface area (Å²) in [6.45, 7) is 7.48. The van der Waals surface area contributed by atoms with Crippen molar-refractivity contribution in [1.82, 2.24) is 9.80 Å². The summed E-state index contributed by atoms with van der Waals surface area (Å²) in [5.74, 6) is 0.161. The second-order valence-corrected chi connectivity index (χ2v) is 8.13. The van der Waals surface area contributed by atoms with Crippen LogP contribution >= 0.6 is 12.4 Å². The third-order valence-corrected chi connectivity index (χ3v) is 6.52. The molecule has 5 nitrogen and oxygen atoms in total. The van der Waals surface area contributed by atoms with Gasteiger partial charge >= 0.3 is 0 Å². The van der Waals surface area contributed by atoms with E-state index in [1.54, 1.807) is 4.90 Å². The van der Waals surface area contributed by atoms with Crippen LogP contribution in [0.4, 0.5) is 5.69 Å². The van der Waals surface area contributed by atoms with Crippen LogP contribution in [0.5, 0.6) is 0 Å². The molecule has 0 N–H and O–H groups in total. The Morgan fingerprint density at radius 3 is 2.30 bits per heavy atom. The molecule has 1 aliphatic carbocycles. The van der Waals surface area contributed by atoms with Gasteiger partial charge in [0.25, 0.3) is 0 Å². The lowest BCUT2D eigenvalue weighted by Gasteiger charge is -2.37. The highest BCUT2D eigenvalue weighted by molar-refractivity contribution is 6.06. The van der Waals surface area contributed by atoms with Gasteiger partial charge in [0.15, 0.2) is 0 Å². The Morgan fingerprint density at radius 1 is 0.963 bits per heavy atom. The van der Waals surface area contributed by atoms with E-state index in [0.717, 1.165) is 58.4 Å². The predicted molar refractivity (Wildman–Crippen MR) is 109 cm³/mol. The first-order valence-electron chi connectivity index (χ1n) is 9.97. The van der Waals surface area contributed by atoms with E-state index in [4.69, 9.17) is 0 Å². The molecule has 27 heavy (non-hydrogen) atoms. The molecule has 1 spiro atoms. The third kappa shape index (κ3) is 3.85. The number of aryl methyl sites for hydroxylation is 1. The maximum absolute atomic E-state index is 12.8. The number of nitrogens with zero attached hydrogens (tertiary/aromatic N) is 3. The minimum absolute atomic E-state index is 0. The number of benzene rings is 1. The summed E-state index contributed by atoms with van der Waals surface area (Å²) in [5, 5.41) is 0. The summed E-state index contributed by atoms with van der Waals surface area (Å²) in [6, 6.07) is 8.52. The molecular weight excluding hydrogens is 362 g/mol. The number of carbonyl (C=O) groups excluding carboxylic acids is 2. The summed E-state index contributed by atoms with van der Waals surface area (Å²) in [5.41, 5.74) is 2.30. The van der Waals surface area contributed by atoms with Gasteiger partial charge in [-0.15, -0.1) is 12.4 Å². The molecule has 0 bridgehead atoms. The van der Waals surface area contributed by atoms with E-state index in [1.807, 2.05) is 0 Å². The molecule has 1 saturated carbocycles. The lowest BCUT2D eigenvalue weighted by atomic mass is 9.84. The fraction of sp³-hybridized carbons (Fsp3) is 0.619. The molecule has 0 radical (unpaired) electrons. The molecule has 148 valence electrons. The highest BCUT2D eigenvalue weighted by Gasteiger charge is 2.52. The summed E-state index contributed by atoms with van der Waals surface area (Å²) in [4.78, 5) is 31.5. The Bertz CT molecular complexity index is 694. The number of para-hydroxylation sites is 1. The molecular formula is C21H30ClN3O2. The summed E-state index contributed by atoms with van der Waals surface area (Å²) in [6.07, 6.45) is 4.45. The molecule has 2 aliphatic heterocycles. The summed E-state index contributed by atoms with van der Waals surface area (Å²) < 4.78 is 0. The SMILES string of the molecule is Cc1ccccc1N1CCN(CCN2C(=O)CC3(CCCC3)C2=O)CC1.Cl. The van der Waals surface area contributed by atoms with Crippen LogP contribution < -0.4 is 4.90 Å². The Hall–Kier alpha value is -1.59. The van der Waals surface area contributed by atoms with Crippen LogP contribution in [0.25, 0.3) is 0 Å². The maximum atomic E-state index is 12.8. The van der Waals surface area contributed by atoms with Crippen LogP contribution in [0.15, 0.2) is 24.3 Å². The van der Waals surface area contributed by atoms with Gasteiger partial charge in [0.1, 0.15) is 0 Å². The van der Waals surface area contributed by atoms with E-state index in [2.05, 4.69) is 41.0 Å². The summed E-state index contributed by atoms with van der Waals surface area (Å²) >= 11 is 0. The molecule has 2 amide bonds. The highest BCUT2D eigenvalue weighted by Crippen LogP contribution is 2.46. The van der Waals surface area contributed by atoms with E-state index < -0.39 is 0 Å². The lowest BCUT2D eigenvalue weighted by molar-refractivity contribution is -0.141. The number of likely N-dealkylation sites (tertiary alicyclic amines) is 1. The van der Waals surface area contributed by atoms with E-state index in [1.165, 1.54) is 11.3 Å². The number of halogens is 1. The van der Waals surface area contributed by atoms with E-state index >= 15 is 0 Å². The highest BCUT2D eigenvalue weighted by atomic mass is 35.5. The van der Waals surface area contributed by atoms with Crippen molar-refractivity contribution in [1.29, 1.82) is 0 Å². The smallest absolute Gasteiger partial charge is 0.235 e. The van der Waals surface area contributed by atoms with Gasteiger partial charge < -0.3 is 4.90 Å². The molecule has 3 fully saturated rings. The van der Waals surface area contributed by atoms with Gasteiger partial charge in [-0.3, -0.25) is 19.4 Å². The van der Waals surface area contributed by atoms with Gasteiger partial charge in [-0.05, 0) is 31.4 Å².